The highest BCUT2D eigenvalue weighted by molar-refractivity contribution is 5.45. The van der Waals surface area contributed by atoms with Crippen molar-refractivity contribution in [3.05, 3.63) is 120 Å². The van der Waals surface area contributed by atoms with Crippen molar-refractivity contribution in [1.82, 2.24) is 0 Å². The second kappa shape index (κ2) is 14.1. The molecule has 0 N–H and O–H groups in total. The lowest BCUT2D eigenvalue weighted by Crippen LogP contribution is -3.00. The Morgan fingerprint density at radius 2 is 0.744 bits per heavy atom. The Kier molecular flexibility index (Phi) is 10.6. The van der Waals surface area contributed by atoms with Crippen LogP contribution in [0.2, 0.25) is 0 Å². The molecule has 2 aliphatic rings. The minimum atomic E-state index is 0. The quantitative estimate of drug-likeness (QED) is 0.231. The van der Waals surface area contributed by atoms with Crippen LogP contribution in [0.5, 0.6) is 0 Å². The molecular weight excluding hydrogens is 612 g/mol. The van der Waals surface area contributed by atoms with E-state index >= 15 is 0 Å². The Morgan fingerprint density at radius 1 is 0.436 bits per heavy atom. The molecule has 6 rings (SSSR count). The van der Waals surface area contributed by atoms with Crippen LogP contribution >= 0.6 is 0 Å². The summed E-state index contributed by atoms with van der Waals surface area (Å²) in [6, 6.07) is 27.2. The number of halogens is 2. The van der Waals surface area contributed by atoms with Gasteiger partial charge in [-0.05, 0) is 43.2 Å². The number of anilines is 2. The molecule has 4 heterocycles. The lowest BCUT2D eigenvalue weighted by Gasteiger charge is -2.16. The van der Waals surface area contributed by atoms with Crippen molar-refractivity contribution in [3.8, 4) is 0 Å². The summed E-state index contributed by atoms with van der Waals surface area (Å²) >= 11 is 0. The predicted octanol–water partition coefficient (Wildman–Crippen LogP) is -0.843. The summed E-state index contributed by atoms with van der Waals surface area (Å²) in [6.07, 6.45) is 15.1. The molecule has 0 atom stereocenters. The first-order chi connectivity index (χ1) is 18.3. The highest BCUT2D eigenvalue weighted by Gasteiger charge is 2.15. The van der Waals surface area contributed by atoms with E-state index < -0.39 is 0 Å². The van der Waals surface area contributed by atoms with Crippen molar-refractivity contribution in [3.63, 3.8) is 0 Å². The maximum Gasteiger partial charge on any atom is 0.173 e. The van der Waals surface area contributed by atoms with E-state index in [-0.39, 0.29) is 34.0 Å². The van der Waals surface area contributed by atoms with E-state index in [4.69, 9.17) is 0 Å². The number of hydrogen-bond donors (Lipinski definition) is 0. The van der Waals surface area contributed by atoms with Gasteiger partial charge in [-0.25, -0.2) is 9.13 Å². The molecule has 0 spiro atoms. The molecular formula is C33H38Br2N4. The maximum absolute atomic E-state index is 2.48. The molecule has 0 amide bonds. The molecule has 2 saturated heterocycles. The molecule has 0 aliphatic carbocycles. The van der Waals surface area contributed by atoms with E-state index in [1.807, 2.05) is 0 Å². The lowest BCUT2D eigenvalue weighted by atomic mass is 10.0. The molecule has 0 saturated carbocycles. The first-order valence-corrected chi connectivity index (χ1v) is 13.9. The van der Waals surface area contributed by atoms with Crippen LogP contribution < -0.4 is 52.9 Å². The van der Waals surface area contributed by atoms with E-state index in [0.717, 1.165) is 19.5 Å². The molecule has 39 heavy (non-hydrogen) atoms. The number of aromatic nitrogens is 2. The van der Waals surface area contributed by atoms with Crippen molar-refractivity contribution in [2.24, 2.45) is 0 Å². The Morgan fingerprint density at radius 3 is 1.08 bits per heavy atom. The number of benzene rings is 2. The van der Waals surface area contributed by atoms with Crippen LogP contribution in [-0.4, -0.2) is 26.2 Å². The molecule has 0 radical (unpaired) electrons. The number of pyridine rings is 2. The van der Waals surface area contributed by atoms with Crippen LogP contribution in [0, 0.1) is 0 Å². The van der Waals surface area contributed by atoms with E-state index in [2.05, 4.69) is 117 Å². The van der Waals surface area contributed by atoms with E-state index in [0.29, 0.717) is 0 Å². The average Bonchev–Trinajstić information content (AvgIpc) is 3.67. The molecule has 0 bridgehead atoms. The third-order valence-corrected chi connectivity index (χ3v) is 7.87. The van der Waals surface area contributed by atoms with Gasteiger partial charge >= 0.3 is 0 Å². The van der Waals surface area contributed by atoms with Crippen LogP contribution in [0.1, 0.15) is 47.9 Å². The van der Waals surface area contributed by atoms with Crippen LogP contribution in [0.15, 0.2) is 97.6 Å². The standard InChI is InChI=1S/C33H38N4.2BrH/c1-2-18-36(17-1)32-13-21-34(22-14-32)26-30-9-5-28(6-10-30)25-29-7-11-31(12-8-29)27-35-23-15-33(16-24-35)37-19-3-4-20-37;;/h5-16,21-24H,1-4,17-20,25-27H2;2*1H/q+2;;/p-2. The van der Waals surface area contributed by atoms with Gasteiger partial charge in [0.25, 0.3) is 0 Å². The minimum Gasteiger partial charge on any atom is -1.00 e. The lowest BCUT2D eigenvalue weighted by molar-refractivity contribution is -0.688. The second-order valence-electron chi connectivity index (χ2n) is 10.7. The van der Waals surface area contributed by atoms with Gasteiger partial charge in [0.05, 0.1) is 0 Å². The van der Waals surface area contributed by atoms with E-state index in [1.165, 1.54) is 85.5 Å². The molecule has 6 heteroatoms. The molecule has 2 aromatic heterocycles. The zero-order chi connectivity index (χ0) is 24.9. The van der Waals surface area contributed by atoms with Gasteiger partial charge in [-0.1, -0.05) is 48.5 Å². The summed E-state index contributed by atoms with van der Waals surface area (Å²) in [5.41, 5.74) is 8.10. The minimum absolute atomic E-state index is 0. The number of hydrogen-bond acceptors (Lipinski definition) is 2. The van der Waals surface area contributed by atoms with Crippen LogP contribution in [-0.2, 0) is 19.5 Å². The van der Waals surface area contributed by atoms with Gasteiger partial charge in [-0.15, -0.1) is 0 Å². The zero-order valence-electron chi connectivity index (χ0n) is 22.6. The molecule has 0 unspecified atom stereocenters. The van der Waals surface area contributed by atoms with Gasteiger partial charge < -0.3 is 43.8 Å². The molecule has 204 valence electrons. The van der Waals surface area contributed by atoms with Crippen molar-refractivity contribution in [2.45, 2.75) is 45.2 Å². The third-order valence-electron chi connectivity index (χ3n) is 7.87. The summed E-state index contributed by atoms with van der Waals surface area (Å²) < 4.78 is 4.54. The molecule has 2 aliphatic heterocycles. The monoisotopic (exact) mass is 648 g/mol. The number of nitrogens with zero attached hydrogens (tertiary/aromatic N) is 4. The van der Waals surface area contributed by atoms with Crippen molar-refractivity contribution >= 4 is 11.4 Å². The fourth-order valence-electron chi connectivity index (χ4n) is 5.66. The molecule has 2 fully saturated rings. The number of rotatable bonds is 8. The summed E-state index contributed by atoms with van der Waals surface area (Å²) in [5.74, 6) is 0. The third kappa shape index (κ3) is 7.70. The van der Waals surface area contributed by atoms with Gasteiger partial charge in [-0.3, -0.25) is 0 Å². The molecule has 2 aromatic carbocycles. The largest absolute Gasteiger partial charge is 1.00 e. The Balaban J connectivity index is 0.00000176. The van der Waals surface area contributed by atoms with E-state index in [1.54, 1.807) is 0 Å². The predicted molar refractivity (Wildman–Crippen MR) is 150 cm³/mol. The fourth-order valence-corrected chi connectivity index (χ4v) is 5.66. The first-order valence-electron chi connectivity index (χ1n) is 13.9. The fraction of sp³-hybridized carbons (Fsp3) is 0.333. The van der Waals surface area contributed by atoms with Crippen molar-refractivity contribution in [2.75, 3.05) is 36.0 Å². The second-order valence-corrected chi connectivity index (χ2v) is 10.7. The van der Waals surface area contributed by atoms with Gasteiger partial charge in [0.15, 0.2) is 37.9 Å². The summed E-state index contributed by atoms with van der Waals surface area (Å²) in [7, 11) is 0. The summed E-state index contributed by atoms with van der Waals surface area (Å²) in [6.45, 7) is 6.59. The normalized spacial score (nSPS) is 14.7. The smallest absolute Gasteiger partial charge is 0.173 e. The van der Waals surface area contributed by atoms with Crippen LogP contribution in [0.3, 0.4) is 0 Å². The Labute approximate surface area is 254 Å². The van der Waals surface area contributed by atoms with Crippen molar-refractivity contribution < 1.29 is 43.1 Å². The van der Waals surface area contributed by atoms with Crippen LogP contribution in [0.4, 0.5) is 11.4 Å². The Bertz CT molecular complexity index is 1170. The van der Waals surface area contributed by atoms with Gasteiger partial charge in [0.2, 0.25) is 0 Å². The maximum atomic E-state index is 2.48. The van der Waals surface area contributed by atoms with Crippen molar-refractivity contribution in [1.29, 1.82) is 0 Å². The topological polar surface area (TPSA) is 14.2 Å². The highest BCUT2D eigenvalue weighted by atomic mass is 79.9. The van der Waals surface area contributed by atoms with Crippen LogP contribution in [0.25, 0.3) is 0 Å². The average molecular weight is 651 g/mol. The Hall–Kier alpha value is -2.70. The SMILES string of the molecule is [Br-].[Br-].c1cc(C[n+]2ccc(N3CCCC3)cc2)ccc1Cc1ccc(C[n+]2ccc(N3CCCC3)cc2)cc1. The molecule has 4 aromatic rings. The van der Waals surface area contributed by atoms with E-state index in [9.17, 15) is 0 Å². The van der Waals surface area contributed by atoms with Gasteiger partial charge in [0.1, 0.15) is 0 Å². The first kappa shape index (κ1) is 29.3. The summed E-state index contributed by atoms with van der Waals surface area (Å²) in [4.78, 5) is 4.97. The zero-order valence-corrected chi connectivity index (χ0v) is 25.7. The van der Waals surface area contributed by atoms with Gasteiger partial charge in [0, 0.05) is 72.9 Å². The summed E-state index contributed by atoms with van der Waals surface area (Å²) in [5, 5.41) is 0. The molecule has 4 nitrogen and oxygen atoms in total. The highest BCUT2D eigenvalue weighted by Crippen LogP contribution is 2.19. The van der Waals surface area contributed by atoms with Gasteiger partial charge in [-0.2, -0.15) is 0 Å².